The van der Waals surface area contributed by atoms with Gasteiger partial charge >= 0.3 is 0 Å². The molecule has 0 saturated heterocycles. The van der Waals surface area contributed by atoms with E-state index in [2.05, 4.69) is 6.07 Å². The molecule has 1 rings (SSSR count). The van der Waals surface area contributed by atoms with Gasteiger partial charge in [0.2, 0.25) is 0 Å². The van der Waals surface area contributed by atoms with Crippen LogP contribution in [-0.2, 0) is 9.84 Å². The highest BCUT2D eigenvalue weighted by molar-refractivity contribution is 7.91. The van der Waals surface area contributed by atoms with Gasteiger partial charge in [0.1, 0.15) is 0 Å². The fourth-order valence-electron chi connectivity index (χ4n) is 0.848. The quantitative estimate of drug-likeness (QED) is 0.697. The minimum absolute atomic E-state index is 0.143. The molecule has 2 nitrogen and oxygen atoms in total. The lowest BCUT2D eigenvalue weighted by Gasteiger charge is -1.99. The van der Waals surface area contributed by atoms with Crippen LogP contribution in [-0.4, -0.2) is 14.2 Å². The fourth-order valence-corrected chi connectivity index (χ4v) is 1.70. The minimum atomic E-state index is -3.05. The summed E-state index contributed by atoms with van der Waals surface area (Å²) in [5.41, 5.74) is 0.949. The van der Waals surface area contributed by atoms with E-state index in [1.54, 1.807) is 19.1 Å². The van der Waals surface area contributed by atoms with Gasteiger partial charge in [-0.2, -0.15) is 0 Å². The van der Waals surface area contributed by atoms with Crippen molar-refractivity contribution in [1.82, 2.24) is 0 Å². The molecule has 1 aromatic rings. The van der Waals surface area contributed by atoms with E-state index in [0.717, 1.165) is 5.56 Å². The zero-order valence-electron chi connectivity index (χ0n) is 7.16. The van der Waals surface area contributed by atoms with Crippen molar-refractivity contribution >= 4 is 9.84 Å². The Kier molecular flexibility index (Phi) is 2.52. The maximum atomic E-state index is 11.3. The summed E-state index contributed by atoms with van der Waals surface area (Å²) in [7, 11) is -3.05. The highest BCUT2D eigenvalue weighted by Gasteiger charge is 2.09. The summed E-state index contributed by atoms with van der Waals surface area (Å²) in [6.45, 7) is 3.51. The lowest BCUT2D eigenvalue weighted by Crippen LogP contribution is -2.03. The number of hydrogen-bond donors (Lipinski definition) is 0. The molecule has 0 aromatic heterocycles. The first kappa shape index (κ1) is 9.26. The van der Waals surface area contributed by atoms with Crippen LogP contribution < -0.4 is 0 Å². The molecule has 0 unspecified atom stereocenters. The van der Waals surface area contributed by atoms with Gasteiger partial charge in [0.25, 0.3) is 0 Å². The Bertz CT molecular complexity index is 349. The van der Waals surface area contributed by atoms with Crippen LogP contribution in [0.5, 0.6) is 0 Å². The zero-order valence-corrected chi connectivity index (χ0v) is 7.98. The summed E-state index contributed by atoms with van der Waals surface area (Å²) >= 11 is 0. The predicted molar refractivity (Wildman–Crippen MR) is 47.7 cm³/mol. The van der Waals surface area contributed by atoms with Gasteiger partial charge in [0, 0.05) is 0 Å². The van der Waals surface area contributed by atoms with Crippen LogP contribution in [0.15, 0.2) is 23.1 Å². The number of aryl methyl sites for hydroxylation is 1. The minimum Gasteiger partial charge on any atom is -0.224 e. The third kappa shape index (κ3) is 1.85. The van der Waals surface area contributed by atoms with Gasteiger partial charge in [-0.1, -0.05) is 13.0 Å². The molecule has 0 saturated carbocycles. The highest BCUT2D eigenvalue weighted by atomic mass is 32.2. The standard InChI is InChI=1S/C9H11O2S/c1-3-12(10,11)9-6-4-8(2)5-7-9/h4,6-7H,3H2,1-2H3. The first-order valence-corrected chi connectivity index (χ1v) is 5.42. The fraction of sp³-hybridized carbons (Fsp3) is 0.333. The zero-order chi connectivity index (χ0) is 9.19. The normalized spacial score (nSPS) is 11.5. The van der Waals surface area contributed by atoms with E-state index in [0.29, 0.717) is 4.90 Å². The highest BCUT2D eigenvalue weighted by Crippen LogP contribution is 2.10. The van der Waals surface area contributed by atoms with E-state index in [-0.39, 0.29) is 5.75 Å². The Balaban J connectivity index is 3.14. The van der Waals surface area contributed by atoms with Crippen LogP contribution in [0, 0.1) is 13.0 Å². The van der Waals surface area contributed by atoms with Crippen molar-refractivity contribution in [2.75, 3.05) is 5.75 Å². The molecule has 12 heavy (non-hydrogen) atoms. The molecule has 0 atom stereocenters. The largest absolute Gasteiger partial charge is 0.224 e. The van der Waals surface area contributed by atoms with Crippen molar-refractivity contribution in [1.29, 1.82) is 0 Å². The van der Waals surface area contributed by atoms with Gasteiger partial charge in [-0.3, -0.25) is 0 Å². The Morgan fingerprint density at radius 2 is 2.08 bits per heavy atom. The molecule has 1 radical (unpaired) electrons. The summed E-state index contributed by atoms with van der Waals surface area (Å²) < 4.78 is 22.6. The van der Waals surface area contributed by atoms with Gasteiger partial charge in [0.05, 0.1) is 10.6 Å². The van der Waals surface area contributed by atoms with Crippen molar-refractivity contribution in [3.63, 3.8) is 0 Å². The van der Waals surface area contributed by atoms with Crippen molar-refractivity contribution in [2.45, 2.75) is 18.7 Å². The summed E-state index contributed by atoms with van der Waals surface area (Å²) in [6, 6.07) is 7.75. The van der Waals surface area contributed by atoms with Crippen LogP contribution in [0.2, 0.25) is 0 Å². The number of rotatable bonds is 2. The van der Waals surface area contributed by atoms with E-state index in [4.69, 9.17) is 0 Å². The average Bonchev–Trinajstić information content (AvgIpc) is 2.05. The third-order valence-corrected chi connectivity index (χ3v) is 3.41. The molecule has 0 aliphatic carbocycles. The van der Waals surface area contributed by atoms with Crippen molar-refractivity contribution in [3.05, 3.63) is 29.8 Å². The van der Waals surface area contributed by atoms with E-state index in [1.807, 2.05) is 6.92 Å². The molecular formula is C9H11O2S. The number of benzene rings is 1. The first-order chi connectivity index (χ1) is 5.56. The van der Waals surface area contributed by atoms with Gasteiger partial charge in [0.15, 0.2) is 9.84 Å². The average molecular weight is 183 g/mol. The molecule has 0 aliphatic heterocycles. The molecule has 0 aliphatic rings. The monoisotopic (exact) mass is 183 g/mol. The SMILES string of the molecule is CCS(=O)(=O)c1c[c]c(C)cc1. The van der Waals surface area contributed by atoms with Crippen molar-refractivity contribution < 1.29 is 8.42 Å². The second-order valence-corrected chi connectivity index (χ2v) is 4.89. The molecule has 65 valence electrons. The Hall–Kier alpha value is -0.830. The Morgan fingerprint density at radius 3 is 2.50 bits per heavy atom. The van der Waals surface area contributed by atoms with E-state index in [1.165, 1.54) is 6.07 Å². The Morgan fingerprint density at radius 1 is 1.42 bits per heavy atom. The van der Waals surface area contributed by atoms with Crippen LogP contribution in [0.3, 0.4) is 0 Å². The van der Waals surface area contributed by atoms with Crippen molar-refractivity contribution in [2.24, 2.45) is 0 Å². The van der Waals surface area contributed by atoms with Gasteiger partial charge < -0.3 is 0 Å². The smallest absolute Gasteiger partial charge is 0.178 e. The Labute approximate surface area is 73.2 Å². The predicted octanol–water partition coefficient (Wildman–Crippen LogP) is 1.59. The third-order valence-electron chi connectivity index (χ3n) is 1.68. The molecule has 0 bridgehead atoms. The molecule has 3 heteroatoms. The second kappa shape index (κ2) is 3.27. The summed E-state index contributed by atoms with van der Waals surface area (Å²) in [4.78, 5) is 0.357. The summed E-state index contributed by atoms with van der Waals surface area (Å²) in [6.07, 6.45) is 0. The number of hydrogen-bond acceptors (Lipinski definition) is 2. The maximum absolute atomic E-state index is 11.3. The maximum Gasteiger partial charge on any atom is 0.178 e. The second-order valence-electron chi connectivity index (χ2n) is 2.61. The molecule has 0 heterocycles. The van der Waals surface area contributed by atoms with Gasteiger partial charge in [-0.15, -0.1) is 0 Å². The molecule has 0 spiro atoms. The van der Waals surface area contributed by atoms with Crippen LogP contribution in [0.25, 0.3) is 0 Å². The molecule has 0 amide bonds. The lowest BCUT2D eigenvalue weighted by molar-refractivity contribution is 0.597. The van der Waals surface area contributed by atoms with E-state index >= 15 is 0 Å². The first-order valence-electron chi connectivity index (χ1n) is 3.77. The summed E-state index contributed by atoms with van der Waals surface area (Å²) in [5.74, 6) is 0.143. The molecule has 1 aromatic carbocycles. The van der Waals surface area contributed by atoms with Gasteiger partial charge in [-0.25, -0.2) is 8.42 Å². The van der Waals surface area contributed by atoms with Crippen LogP contribution in [0.4, 0.5) is 0 Å². The van der Waals surface area contributed by atoms with Crippen molar-refractivity contribution in [3.8, 4) is 0 Å². The van der Waals surface area contributed by atoms with Gasteiger partial charge in [-0.05, 0) is 30.7 Å². The van der Waals surface area contributed by atoms with Crippen LogP contribution in [0.1, 0.15) is 12.5 Å². The molecular weight excluding hydrogens is 172 g/mol. The van der Waals surface area contributed by atoms with E-state index in [9.17, 15) is 8.42 Å². The molecule has 0 fully saturated rings. The topological polar surface area (TPSA) is 34.1 Å². The molecule has 0 N–H and O–H groups in total. The van der Waals surface area contributed by atoms with Crippen LogP contribution >= 0.6 is 0 Å². The van der Waals surface area contributed by atoms with E-state index < -0.39 is 9.84 Å². The lowest BCUT2D eigenvalue weighted by atomic mass is 10.2. The summed E-state index contributed by atoms with van der Waals surface area (Å²) in [5, 5.41) is 0. The number of sulfone groups is 1.